The Bertz CT molecular complexity index is 337. The normalized spacial score (nSPS) is 12.4. The van der Waals surface area contributed by atoms with E-state index in [4.69, 9.17) is 16.7 Å². The van der Waals surface area contributed by atoms with Crippen LogP contribution in [-0.4, -0.2) is 17.6 Å². The fraction of sp³-hybridized carbons (Fsp3) is 0.417. The van der Waals surface area contributed by atoms with E-state index >= 15 is 0 Å². The third-order valence-corrected chi connectivity index (χ3v) is 2.64. The molecule has 0 saturated heterocycles. The molecule has 88 valence electrons. The molecule has 0 aromatic heterocycles. The van der Waals surface area contributed by atoms with Gasteiger partial charge in [-0.25, -0.2) is 0 Å². The molecule has 0 bridgehead atoms. The van der Waals surface area contributed by atoms with Crippen molar-refractivity contribution >= 4 is 17.6 Å². The summed E-state index contributed by atoms with van der Waals surface area (Å²) in [6.07, 6.45) is 0.855. The number of hydrogen-bond donors (Lipinski definition) is 2. The first-order valence-corrected chi connectivity index (χ1v) is 5.68. The summed E-state index contributed by atoms with van der Waals surface area (Å²) in [5.41, 5.74) is 1.15. The Morgan fingerprint density at radius 1 is 1.44 bits per heavy atom. The van der Waals surface area contributed by atoms with Gasteiger partial charge in [0.2, 0.25) is 0 Å². The lowest BCUT2D eigenvalue weighted by molar-refractivity contribution is -0.137. The van der Waals surface area contributed by atoms with E-state index in [1.54, 1.807) is 0 Å². The first-order chi connectivity index (χ1) is 7.59. The number of aliphatic carboxylic acids is 1. The number of carboxylic acids is 1. The smallest absolute Gasteiger partial charge is 0.303 e. The quantitative estimate of drug-likeness (QED) is 0.753. The number of hydrogen-bond acceptors (Lipinski definition) is 2. The molecule has 1 aromatic rings. The maximum Gasteiger partial charge on any atom is 0.303 e. The van der Waals surface area contributed by atoms with Crippen molar-refractivity contribution in [2.75, 3.05) is 6.54 Å². The molecule has 0 saturated carbocycles. The zero-order chi connectivity index (χ0) is 12.0. The van der Waals surface area contributed by atoms with Crippen molar-refractivity contribution in [3.8, 4) is 0 Å². The first-order valence-electron chi connectivity index (χ1n) is 5.30. The Morgan fingerprint density at radius 2 is 2.06 bits per heavy atom. The summed E-state index contributed by atoms with van der Waals surface area (Å²) < 4.78 is 0. The standard InChI is InChI=1S/C12H16ClNO2/c1-9(14-8-2-3-12(15)16)10-4-6-11(13)7-5-10/h4-7,9,14H,2-3,8H2,1H3,(H,15,16)/t9-/m1/s1. The lowest BCUT2D eigenvalue weighted by Crippen LogP contribution is -2.20. The van der Waals surface area contributed by atoms with Crippen LogP contribution in [0.1, 0.15) is 31.4 Å². The molecule has 0 spiro atoms. The van der Waals surface area contributed by atoms with Crippen molar-refractivity contribution in [3.63, 3.8) is 0 Å². The summed E-state index contributed by atoms with van der Waals surface area (Å²) in [6, 6.07) is 7.86. The van der Waals surface area contributed by atoms with Crippen molar-refractivity contribution in [2.24, 2.45) is 0 Å². The number of halogens is 1. The Morgan fingerprint density at radius 3 is 2.62 bits per heavy atom. The van der Waals surface area contributed by atoms with Crippen molar-refractivity contribution in [1.29, 1.82) is 0 Å². The molecule has 0 amide bonds. The van der Waals surface area contributed by atoms with Crippen LogP contribution >= 0.6 is 11.6 Å². The number of carboxylic acid groups (broad SMARTS) is 1. The zero-order valence-corrected chi connectivity index (χ0v) is 10.00. The fourth-order valence-electron chi connectivity index (χ4n) is 1.43. The Kier molecular flexibility index (Phi) is 5.29. The van der Waals surface area contributed by atoms with Crippen LogP contribution in [0.3, 0.4) is 0 Å². The largest absolute Gasteiger partial charge is 0.481 e. The van der Waals surface area contributed by atoms with Gasteiger partial charge in [-0.3, -0.25) is 4.79 Å². The molecule has 1 aromatic carbocycles. The molecule has 1 atom stereocenters. The number of benzene rings is 1. The molecule has 0 aliphatic rings. The highest BCUT2D eigenvalue weighted by atomic mass is 35.5. The van der Waals surface area contributed by atoms with Crippen molar-refractivity contribution in [3.05, 3.63) is 34.9 Å². The van der Waals surface area contributed by atoms with Crippen molar-refractivity contribution in [2.45, 2.75) is 25.8 Å². The van der Waals surface area contributed by atoms with E-state index in [-0.39, 0.29) is 12.5 Å². The van der Waals surface area contributed by atoms with Crippen LogP contribution < -0.4 is 5.32 Å². The van der Waals surface area contributed by atoms with Gasteiger partial charge in [0.15, 0.2) is 0 Å². The summed E-state index contributed by atoms with van der Waals surface area (Å²) in [5, 5.41) is 12.5. The second-order valence-corrected chi connectivity index (χ2v) is 4.16. The highest BCUT2D eigenvalue weighted by molar-refractivity contribution is 6.30. The molecule has 4 heteroatoms. The fourth-order valence-corrected chi connectivity index (χ4v) is 1.55. The van der Waals surface area contributed by atoms with E-state index in [2.05, 4.69) is 5.32 Å². The highest BCUT2D eigenvalue weighted by Crippen LogP contribution is 2.15. The van der Waals surface area contributed by atoms with Crippen LogP contribution in [0.2, 0.25) is 5.02 Å². The minimum atomic E-state index is -0.749. The van der Waals surface area contributed by atoms with Crippen molar-refractivity contribution in [1.82, 2.24) is 5.32 Å². The topological polar surface area (TPSA) is 49.3 Å². The van der Waals surface area contributed by atoms with E-state index in [1.165, 1.54) is 0 Å². The van der Waals surface area contributed by atoms with E-state index < -0.39 is 5.97 Å². The highest BCUT2D eigenvalue weighted by Gasteiger charge is 2.04. The molecule has 0 fully saturated rings. The maximum absolute atomic E-state index is 10.3. The van der Waals surface area contributed by atoms with E-state index in [0.29, 0.717) is 13.0 Å². The minimum absolute atomic E-state index is 0.209. The van der Waals surface area contributed by atoms with Crippen LogP contribution in [0, 0.1) is 0 Å². The van der Waals surface area contributed by atoms with Crippen LogP contribution in [0.25, 0.3) is 0 Å². The molecule has 0 radical (unpaired) electrons. The zero-order valence-electron chi connectivity index (χ0n) is 9.24. The van der Waals surface area contributed by atoms with Crippen LogP contribution in [0.15, 0.2) is 24.3 Å². The van der Waals surface area contributed by atoms with E-state index in [0.717, 1.165) is 10.6 Å². The Balaban J connectivity index is 2.32. The lowest BCUT2D eigenvalue weighted by Gasteiger charge is -2.13. The molecule has 1 rings (SSSR count). The van der Waals surface area contributed by atoms with E-state index in [9.17, 15) is 4.79 Å². The minimum Gasteiger partial charge on any atom is -0.481 e. The van der Waals surface area contributed by atoms with E-state index in [1.807, 2.05) is 31.2 Å². The predicted octanol–water partition coefficient (Wildman–Crippen LogP) is 2.86. The molecule has 0 aliphatic carbocycles. The number of carbonyl (C=O) groups is 1. The molecule has 0 aliphatic heterocycles. The maximum atomic E-state index is 10.3. The molecular weight excluding hydrogens is 226 g/mol. The molecule has 3 nitrogen and oxygen atoms in total. The van der Waals surface area contributed by atoms with Gasteiger partial charge in [0.05, 0.1) is 0 Å². The van der Waals surface area contributed by atoms with Crippen LogP contribution in [0.5, 0.6) is 0 Å². The molecule has 16 heavy (non-hydrogen) atoms. The van der Waals surface area contributed by atoms with Gasteiger partial charge in [-0.05, 0) is 37.6 Å². The number of nitrogens with one attached hydrogen (secondary N) is 1. The third kappa shape index (κ3) is 4.64. The van der Waals surface area contributed by atoms with Gasteiger partial charge in [0, 0.05) is 17.5 Å². The Labute approximate surface area is 100 Å². The lowest BCUT2D eigenvalue weighted by atomic mass is 10.1. The second-order valence-electron chi connectivity index (χ2n) is 3.72. The van der Waals surface area contributed by atoms with Gasteiger partial charge >= 0.3 is 5.97 Å². The van der Waals surface area contributed by atoms with Crippen molar-refractivity contribution < 1.29 is 9.90 Å². The first kappa shape index (κ1) is 13.0. The molecule has 2 N–H and O–H groups in total. The van der Waals surface area contributed by atoms with Gasteiger partial charge in [0.1, 0.15) is 0 Å². The average molecular weight is 242 g/mol. The summed E-state index contributed by atoms with van der Waals surface area (Å²) in [5.74, 6) is -0.749. The van der Waals surface area contributed by atoms with Crippen LogP contribution in [0.4, 0.5) is 0 Å². The summed E-state index contributed by atoms with van der Waals surface area (Å²) in [7, 11) is 0. The van der Waals surface area contributed by atoms with Gasteiger partial charge in [0.25, 0.3) is 0 Å². The number of rotatable bonds is 6. The van der Waals surface area contributed by atoms with Gasteiger partial charge in [-0.2, -0.15) is 0 Å². The Hall–Kier alpha value is -1.06. The summed E-state index contributed by atoms with van der Waals surface area (Å²) in [6.45, 7) is 2.75. The summed E-state index contributed by atoms with van der Waals surface area (Å²) >= 11 is 5.79. The molecule has 0 heterocycles. The van der Waals surface area contributed by atoms with Crippen LogP contribution in [-0.2, 0) is 4.79 Å². The second kappa shape index (κ2) is 6.51. The molecular formula is C12H16ClNO2. The molecule has 0 unspecified atom stereocenters. The third-order valence-electron chi connectivity index (χ3n) is 2.39. The predicted molar refractivity (Wildman–Crippen MR) is 64.7 cm³/mol. The monoisotopic (exact) mass is 241 g/mol. The van der Waals surface area contributed by atoms with Gasteiger partial charge in [-0.15, -0.1) is 0 Å². The summed E-state index contributed by atoms with van der Waals surface area (Å²) in [4.78, 5) is 10.3. The SMILES string of the molecule is C[C@@H](NCCCC(=O)O)c1ccc(Cl)cc1. The average Bonchev–Trinajstić information content (AvgIpc) is 2.25. The van der Waals surface area contributed by atoms with Gasteiger partial charge in [-0.1, -0.05) is 23.7 Å². The van der Waals surface area contributed by atoms with Gasteiger partial charge < -0.3 is 10.4 Å².